The Morgan fingerprint density at radius 3 is 2.54 bits per heavy atom. The van der Waals surface area contributed by atoms with Crippen LogP contribution in [0.2, 0.25) is 0 Å². The molecule has 0 fully saturated rings. The molecule has 1 aromatic carbocycles. The highest BCUT2D eigenvalue weighted by Gasteiger charge is 2.16. The van der Waals surface area contributed by atoms with Crippen LogP contribution in [0, 0.1) is 6.92 Å². The third kappa shape index (κ3) is 5.82. The maximum Gasteiger partial charge on any atom is 0.348 e. The van der Waals surface area contributed by atoms with E-state index < -0.39 is 18.5 Å². The van der Waals surface area contributed by atoms with Crippen molar-refractivity contribution in [3.63, 3.8) is 0 Å². The summed E-state index contributed by atoms with van der Waals surface area (Å²) in [5.74, 6) is -0.838. The van der Waals surface area contributed by atoms with Gasteiger partial charge in [-0.15, -0.1) is 11.3 Å². The van der Waals surface area contributed by atoms with E-state index in [0.717, 1.165) is 23.3 Å². The molecule has 7 nitrogen and oxygen atoms in total. The van der Waals surface area contributed by atoms with Gasteiger partial charge in [0.05, 0.1) is 12.8 Å². The third-order valence-electron chi connectivity index (χ3n) is 3.87. The van der Waals surface area contributed by atoms with E-state index in [0.29, 0.717) is 22.0 Å². The number of esters is 1. The van der Waals surface area contributed by atoms with Gasteiger partial charge < -0.3 is 20.1 Å². The minimum atomic E-state index is -0.524. The molecule has 2 amide bonds. The smallest absolute Gasteiger partial charge is 0.348 e. The number of hydrogen-bond acceptors (Lipinski definition) is 6. The lowest BCUT2D eigenvalue weighted by atomic mass is 10.1. The Morgan fingerprint density at radius 2 is 1.89 bits per heavy atom. The summed E-state index contributed by atoms with van der Waals surface area (Å²) < 4.78 is 10.3. The summed E-state index contributed by atoms with van der Waals surface area (Å²) >= 11 is 1.37. The van der Waals surface area contributed by atoms with Crippen molar-refractivity contribution in [1.29, 1.82) is 0 Å². The molecule has 1 heterocycles. The van der Waals surface area contributed by atoms with Crippen LogP contribution in [0.5, 0.6) is 5.75 Å². The lowest BCUT2D eigenvalue weighted by Crippen LogP contribution is -2.21. The molecule has 2 N–H and O–H groups in total. The van der Waals surface area contributed by atoms with Crippen LogP contribution in [0.15, 0.2) is 24.3 Å². The molecule has 28 heavy (non-hydrogen) atoms. The molecule has 0 unspecified atom stereocenters. The summed E-state index contributed by atoms with van der Waals surface area (Å²) in [5, 5.41) is 5.26. The first kappa shape index (κ1) is 21.4. The Labute approximate surface area is 168 Å². The fourth-order valence-corrected chi connectivity index (χ4v) is 3.58. The lowest BCUT2D eigenvalue weighted by Gasteiger charge is -2.12. The highest BCUT2D eigenvalue weighted by atomic mass is 32.1. The second-order valence-electron chi connectivity index (χ2n) is 6.16. The van der Waals surface area contributed by atoms with Gasteiger partial charge in [-0.05, 0) is 43.2 Å². The molecule has 2 aromatic rings. The molecule has 0 radical (unpaired) electrons. The first-order chi connectivity index (χ1) is 13.3. The van der Waals surface area contributed by atoms with Crippen molar-refractivity contribution in [2.24, 2.45) is 0 Å². The summed E-state index contributed by atoms with van der Waals surface area (Å²) in [7, 11) is 1.47. The van der Waals surface area contributed by atoms with E-state index in [1.54, 1.807) is 18.2 Å². The number of hydrogen-bond donors (Lipinski definition) is 2. The van der Waals surface area contributed by atoms with Crippen molar-refractivity contribution in [3.8, 4) is 5.75 Å². The van der Waals surface area contributed by atoms with Crippen LogP contribution in [0.25, 0.3) is 0 Å². The van der Waals surface area contributed by atoms with Crippen molar-refractivity contribution < 1.29 is 23.9 Å². The molecule has 8 heteroatoms. The van der Waals surface area contributed by atoms with Crippen LogP contribution in [-0.4, -0.2) is 31.5 Å². The number of carbonyl (C=O) groups excluding carboxylic acids is 3. The van der Waals surface area contributed by atoms with Gasteiger partial charge in [0.15, 0.2) is 6.61 Å². The number of ether oxygens (including phenoxy) is 2. The van der Waals surface area contributed by atoms with Gasteiger partial charge in [0.2, 0.25) is 5.91 Å². The standard InChI is InChI=1S/C20H24N2O5S/c1-5-6-14-9-18(28-12(14)2)20(25)27-11-19(24)22-16-10-15(21-13(3)23)7-8-17(16)26-4/h7-10H,5-6,11H2,1-4H3,(H,21,23)(H,22,24). The summed E-state index contributed by atoms with van der Waals surface area (Å²) in [5.41, 5.74) is 2.01. The van der Waals surface area contributed by atoms with E-state index in [2.05, 4.69) is 17.6 Å². The number of rotatable bonds is 8. The van der Waals surface area contributed by atoms with Gasteiger partial charge in [-0.1, -0.05) is 13.3 Å². The van der Waals surface area contributed by atoms with Crippen molar-refractivity contribution in [2.75, 3.05) is 24.4 Å². The Hall–Kier alpha value is -2.87. The van der Waals surface area contributed by atoms with Crippen LogP contribution in [0.3, 0.4) is 0 Å². The van der Waals surface area contributed by atoms with Crippen LogP contribution in [0.4, 0.5) is 11.4 Å². The minimum Gasteiger partial charge on any atom is -0.495 e. The first-order valence-electron chi connectivity index (χ1n) is 8.86. The molecular weight excluding hydrogens is 380 g/mol. The fourth-order valence-electron chi connectivity index (χ4n) is 2.61. The fraction of sp³-hybridized carbons (Fsp3) is 0.350. The highest BCUT2D eigenvalue weighted by Crippen LogP contribution is 2.28. The summed E-state index contributed by atoms with van der Waals surface area (Å²) in [4.78, 5) is 37.2. The second kappa shape index (κ2) is 9.89. The predicted octanol–water partition coefficient (Wildman–Crippen LogP) is 3.77. The van der Waals surface area contributed by atoms with E-state index in [-0.39, 0.29) is 5.91 Å². The number of thiophene rings is 1. The largest absolute Gasteiger partial charge is 0.495 e. The Balaban J connectivity index is 1.99. The molecule has 0 aliphatic heterocycles. The molecule has 0 saturated heterocycles. The average molecular weight is 404 g/mol. The predicted molar refractivity (Wildman–Crippen MR) is 109 cm³/mol. The zero-order valence-corrected chi connectivity index (χ0v) is 17.2. The number of aryl methyl sites for hydroxylation is 2. The summed E-state index contributed by atoms with van der Waals surface area (Å²) in [6.07, 6.45) is 1.90. The van der Waals surface area contributed by atoms with Crippen molar-refractivity contribution in [2.45, 2.75) is 33.6 Å². The second-order valence-corrected chi connectivity index (χ2v) is 7.42. The Kier molecular flexibility index (Phi) is 7.57. The molecule has 0 bridgehead atoms. The van der Waals surface area contributed by atoms with Crippen LogP contribution in [-0.2, 0) is 20.7 Å². The molecule has 0 atom stereocenters. The molecule has 0 aliphatic carbocycles. The number of amides is 2. The number of nitrogens with one attached hydrogen (secondary N) is 2. The van der Waals surface area contributed by atoms with Gasteiger partial charge in [0.1, 0.15) is 10.6 Å². The number of anilines is 2. The molecular formula is C20H24N2O5S. The SMILES string of the molecule is CCCc1cc(C(=O)OCC(=O)Nc2cc(NC(C)=O)ccc2OC)sc1C. The normalized spacial score (nSPS) is 10.3. The molecule has 150 valence electrons. The monoisotopic (exact) mass is 404 g/mol. The molecule has 0 aliphatic rings. The van der Waals surface area contributed by atoms with Crippen molar-refractivity contribution >= 4 is 40.5 Å². The number of carbonyl (C=O) groups is 3. The summed E-state index contributed by atoms with van der Waals surface area (Å²) in [6.45, 7) is 5.01. The average Bonchev–Trinajstić information content (AvgIpc) is 3.00. The zero-order valence-electron chi connectivity index (χ0n) is 16.4. The van der Waals surface area contributed by atoms with Gasteiger partial charge in [-0.3, -0.25) is 9.59 Å². The molecule has 0 saturated carbocycles. The molecule has 1 aromatic heterocycles. The van der Waals surface area contributed by atoms with Crippen LogP contribution in [0.1, 0.15) is 40.4 Å². The Morgan fingerprint density at radius 1 is 1.14 bits per heavy atom. The van der Waals surface area contributed by atoms with Gasteiger partial charge >= 0.3 is 5.97 Å². The topological polar surface area (TPSA) is 93.7 Å². The van der Waals surface area contributed by atoms with E-state index in [1.165, 1.54) is 25.4 Å². The molecule has 2 rings (SSSR count). The third-order valence-corrected chi connectivity index (χ3v) is 4.94. The van der Waals surface area contributed by atoms with Gasteiger partial charge in [-0.25, -0.2) is 4.79 Å². The highest BCUT2D eigenvalue weighted by molar-refractivity contribution is 7.14. The summed E-state index contributed by atoms with van der Waals surface area (Å²) in [6, 6.07) is 6.67. The maximum absolute atomic E-state index is 12.2. The van der Waals surface area contributed by atoms with Crippen LogP contribution >= 0.6 is 11.3 Å². The zero-order chi connectivity index (χ0) is 20.7. The minimum absolute atomic E-state index is 0.231. The van der Waals surface area contributed by atoms with E-state index in [1.807, 2.05) is 13.0 Å². The van der Waals surface area contributed by atoms with Gasteiger partial charge in [-0.2, -0.15) is 0 Å². The first-order valence-corrected chi connectivity index (χ1v) is 9.67. The van der Waals surface area contributed by atoms with E-state index in [9.17, 15) is 14.4 Å². The van der Waals surface area contributed by atoms with Gasteiger partial charge in [0.25, 0.3) is 5.91 Å². The van der Waals surface area contributed by atoms with Crippen molar-refractivity contribution in [1.82, 2.24) is 0 Å². The molecule has 0 spiro atoms. The number of benzene rings is 1. The number of methoxy groups -OCH3 is 1. The Bertz CT molecular complexity index is 875. The maximum atomic E-state index is 12.2. The van der Waals surface area contributed by atoms with Gasteiger partial charge in [0, 0.05) is 17.5 Å². The van der Waals surface area contributed by atoms with E-state index >= 15 is 0 Å². The lowest BCUT2D eigenvalue weighted by molar-refractivity contribution is -0.119. The van der Waals surface area contributed by atoms with Crippen molar-refractivity contribution in [3.05, 3.63) is 39.6 Å². The van der Waals surface area contributed by atoms with Crippen LogP contribution < -0.4 is 15.4 Å². The quantitative estimate of drug-likeness (QED) is 0.653. The van der Waals surface area contributed by atoms with E-state index in [4.69, 9.17) is 9.47 Å².